The number of nitrogens with one attached hydrogen (secondary N) is 1. The minimum atomic E-state index is -4.46. The lowest BCUT2D eigenvalue weighted by molar-refractivity contribution is -0.137. The molecule has 148 valence electrons. The Morgan fingerprint density at radius 3 is 2.64 bits per heavy atom. The van der Waals surface area contributed by atoms with Crippen LogP contribution in [0.15, 0.2) is 46.7 Å². The minimum Gasteiger partial charge on any atom is -0.493 e. The van der Waals surface area contributed by atoms with Crippen LogP contribution >= 0.6 is 11.6 Å². The third-order valence-electron chi connectivity index (χ3n) is 3.46. The summed E-state index contributed by atoms with van der Waals surface area (Å²) in [5, 5.41) is 16.8. The molecule has 6 nitrogen and oxygen atoms in total. The van der Waals surface area contributed by atoms with Gasteiger partial charge in [0.2, 0.25) is 0 Å². The summed E-state index contributed by atoms with van der Waals surface area (Å²) in [4.78, 5) is 0. The first-order valence-corrected chi connectivity index (χ1v) is 8.57. The Bertz CT molecular complexity index is 882. The fraction of sp³-hybridized carbons (Fsp3) is 0.278. The first-order chi connectivity index (χ1) is 13.4. The Kier molecular flexibility index (Phi) is 7.46. The molecule has 0 aromatic heterocycles. The zero-order valence-electron chi connectivity index (χ0n) is 14.8. The quantitative estimate of drug-likeness (QED) is 0.261. The van der Waals surface area contributed by atoms with Gasteiger partial charge in [0, 0.05) is 18.0 Å². The number of alkyl halides is 4. The second-order valence-corrected chi connectivity index (χ2v) is 5.79. The Morgan fingerprint density at radius 1 is 1.21 bits per heavy atom. The Hall–Kier alpha value is -2.99. The maximum atomic E-state index is 12.7. The largest absolute Gasteiger partial charge is 0.493 e. The second kappa shape index (κ2) is 9.80. The Labute approximate surface area is 164 Å². The van der Waals surface area contributed by atoms with Gasteiger partial charge < -0.3 is 9.47 Å². The third kappa shape index (κ3) is 5.76. The number of halogens is 4. The van der Waals surface area contributed by atoms with Crippen LogP contribution in [0.2, 0.25) is 0 Å². The number of methoxy groups -OCH3 is 1. The summed E-state index contributed by atoms with van der Waals surface area (Å²) in [6, 6.07) is 9.36. The second-order valence-electron chi connectivity index (χ2n) is 5.41. The molecule has 28 heavy (non-hydrogen) atoms. The lowest BCUT2D eigenvalue weighted by Gasteiger charge is -2.11. The highest BCUT2D eigenvalue weighted by Gasteiger charge is 2.30. The zero-order valence-corrected chi connectivity index (χ0v) is 15.5. The van der Waals surface area contributed by atoms with Crippen molar-refractivity contribution in [3.8, 4) is 17.6 Å². The van der Waals surface area contributed by atoms with Crippen LogP contribution < -0.4 is 14.9 Å². The molecule has 1 N–H and O–H groups in total. The van der Waals surface area contributed by atoms with E-state index in [-0.39, 0.29) is 16.9 Å². The summed E-state index contributed by atoms with van der Waals surface area (Å²) in [5.41, 5.74) is 2.04. The number of nitrogens with zero attached hydrogens (tertiary/aromatic N) is 3. The van der Waals surface area contributed by atoms with E-state index in [2.05, 4.69) is 15.8 Å². The standard InChI is InChI=1S/C18H16ClF3N4O2/c1-27-16-8-12(11-23)15(10-17(16)28-7-3-6-19)25-26-24-14-5-2-4-13(9-14)18(20,21)22/h2,4-5,8-10H,3,6-7H2,1H3,(H,24,25). The number of anilines is 1. The number of rotatable bonds is 8. The van der Waals surface area contributed by atoms with Crippen molar-refractivity contribution in [1.82, 2.24) is 0 Å². The van der Waals surface area contributed by atoms with Crippen molar-refractivity contribution in [2.24, 2.45) is 10.3 Å². The summed E-state index contributed by atoms with van der Waals surface area (Å²) < 4.78 is 49.0. The van der Waals surface area contributed by atoms with Gasteiger partial charge in [-0.3, -0.25) is 5.43 Å². The van der Waals surface area contributed by atoms with Crippen molar-refractivity contribution in [1.29, 1.82) is 5.26 Å². The zero-order chi connectivity index (χ0) is 20.6. The van der Waals surface area contributed by atoms with Crippen molar-refractivity contribution in [2.45, 2.75) is 12.6 Å². The van der Waals surface area contributed by atoms with Crippen LogP contribution in [0, 0.1) is 11.3 Å². The van der Waals surface area contributed by atoms with Crippen LogP contribution in [0.4, 0.5) is 24.5 Å². The smallest absolute Gasteiger partial charge is 0.416 e. The summed E-state index contributed by atoms with van der Waals surface area (Å²) in [6.45, 7) is 0.338. The van der Waals surface area contributed by atoms with Gasteiger partial charge in [-0.2, -0.15) is 18.4 Å². The topological polar surface area (TPSA) is 79.0 Å². The molecular weight excluding hydrogens is 397 g/mol. The molecule has 0 spiro atoms. The molecule has 0 amide bonds. The van der Waals surface area contributed by atoms with E-state index in [0.29, 0.717) is 30.4 Å². The highest BCUT2D eigenvalue weighted by Crippen LogP contribution is 2.35. The van der Waals surface area contributed by atoms with Gasteiger partial charge in [-0.1, -0.05) is 11.3 Å². The fourth-order valence-corrected chi connectivity index (χ4v) is 2.24. The van der Waals surface area contributed by atoms with E-state index in [1.54, 1.807) is 0 Å². The van der Waals surface area contributed by atoms with Crippen LogP contribution in [-0.4, -0.2) is 19.6 Å². The molecule has 0 aliphatic carbocycles. The van der Waals surface area contributed by atoms with Gasteiger partial charge in [0.15, 0.2) is 11.5 Å². The molecule has 0 bridgehead atoms. The number of nitriles is 1. The lowest BCUT2D eigenvalue weighted by atomic mass is 10.1. The van der Waals surface area contributed by atoms with Gasteiger partial charge in [-0.25, -0.2) is 0 Å². The third-order valence-corrected chi connectivity index (χ3v) is 3.73. The Balaban J connectivity index is 2.22. The molecule has 2 aromatic carbocycles. The van der Waals surface area contributed by atoms with E-state index >= 15 is 0 Å². The average Bonchev–Trinajstić information content (AvgIpc) is 2.68. The molecule has 0 heterocycles. The molecule has 0 unspecified atom stereocenters. The predicted molar refractivity (Wildman–Crippen MR) is 98.1 cm³/mol. The molecule has 0 radical (unpaired) electrons. The van der Waals surface area contributed by atoms with E-state index in [4.69, 9.17) is 21.1 Å². The molecule has 0 fully saturated rings. The number of hydrogen-bond acceptors (Lipinski definition) is 5. The van der Waals surface area contributed by atoms with Gasteiger partial charge in [-0.15, -0.1) is 16.7 Å². The van der Waals surface area contributed by atoms with Crippen LogP contribution in [0.1, 0.15) is 17.5 Å². The number of benzene rings is 2. The van der Waals surface area contributed by atoms with E-state index in [0.717, 1.165) is 12.1 Å². The van der Waals surface area contributed by atoms with E-state index in [1.165, 1.54) is 31.4 Å². The highest BCUT2D eigenvalue weighted by atomic mass is 35.5. The minimum absolute atomic E-state index is 0.101. The maximum absolute atomic E-state index is 12.7. The molecule has 2 aromatic rings. The van der Waals surface area contributed by atoms with Gasteiger partial charge in [-0.05, 0) is 24.6 Å². The number of hydrogen-bond donors (Lipinski definition) is 1. The van der Waals surface area contributed by atoms with Crippen LogP contribution in [0.3, 0.4) is 0 Å². The Morgan fingerprint density at radius 2 is 2.00 bits per heavy atom. The van der Waals surface area contributed by atoms with Crippen LogP contribution in [-0.2, 0) is 6.18 Å². The monoisotopic (exact) mass is 412 g/mol. The SMILES string of the molecule is COc1cc(C#N)c(N=NNc2cccc(C(F)(F)F)c2)cc1OCCCCl. The molecular formula is C18H16ClF3N4O2. The summed E-state index contributed by atoms with van der Waals surface area (Å²) in [6.07, 6.45) is -3.85. The molecule has 10 heteroatoms. The van der Waals surface area contributed by atoms with Crippen molar-refractivity contribution < 1.29 is 22.6 Å². The molecule has 2 rings (SSSR count). The van der Waals surface area contributed by atoms with Gasteiger partial charge in [0.1, 0.15) is 11.8 Å². The molecule has 0 aliphatic heterocycles. The van der Waals surface area contributed by atoms with Gasteiger partial charge >= 0.3 is 6.18 Å². The molecule has 0 saturated carbocycles. The molecule has 0 saturated heterocycles. The highest BCUT2D eigenvalue weighted by molar-refractivity contribution is 6.17. The number of ether oxygens (including phenoxy) is 2. The van der Waals surface area contributed by atoms with Crippen molar-refractivity contribution in [2.75, 3.05) is 25.0 Å². The van der Waals surface area contributed by atoms with Gasteiger partial charge in [0.25, 0.3) is 0 Å². The average molecular weight is 413 g/mol. The first kappa shape index (κ1) is 21.3. The lowest BCUT2D eigenvalue weighted by Crippen LogP contribution is -2.04. The van der Waals surface area contributed by atoms with Crippen LogP contribution in [0.5, 0.6) is 11.5 Å². The predicted octanol–water partition coefficient (Wildman–Crippen LogP) is 5.70. The molecule has 0 atom stereocenters. The fourth-order valence-electron chi connectivity index (χ4n) is 2.13. The van der Waals surface area contributed by atoms with Crippen LogP contribution in [0.25, 0.3) is 0 Å². The van der Waals surface area contributed by atoms with E-state index in [1.807, 2.05) is 6.07 Å². The summed E-state index contributed by atoms with van der Waals surface area (Å²) in [5.74, 6) is 1.11. The summed E-state index contributed by atoms with van der Waals surface area (Å²) >= 11 is 5.62. The van der Waals surface area contributed by atoms with E-state index in [9.17, 15) is 18.4 Å². The van der Waals surface area contributed by atoms with Gasteiger partial charge in [0.05, 0.1) is 30.5 Å². The van der Waals surface area contributed by atoms with E-state index < -0.39 is 11.7 Å². The molecule has 0 aliphatic rings. The summed E-state index contributed by atoms with van der Waals surface area (Å²) in [7, 11) is 1.43. The van der Waals surface area contributed by atoms with Crippen molar-refractivity contribution in [3.05, 3.63) is 47.5 Å². The maximum Gasteiger partial charge on any atom is 0.416 e. The van der Waals surface area contributed by atoms with Crippen molar-refractivity contribution >= 4 is 23.0 Å². The first-order valence-electron chi connectivity index (χ1n) is 8.04. The van der Waals surface area contributed by atoms with Crippen molar-refractivity contribution in [3.63, 3.8) is 0 Å². The normalized spacial score (nSPS) is 11.3.